The lowest BCUT2D eigenvalue weighted by Crippen LogP contribution is -2.42. The van der Waals surface area contributed by atoms with E-state index in [1.165, 1.54) is 49.4 Å². The van der Waals surface area contributed by atoms with Crippen LogP contribution in [0.2, 0.25) is 12.6 Å². The minimum Gasteiger partial charge on any atom is -0.540 e. The summed E-state index contributed by atoms with van der Waals surface area (Å²) in [7, 11) is 0. The van der Waals surface area contributed by atoms with Gasteiger partial charge in [0.1, 0.15) is 0 Å². The summed E-state index contributed by atoms with van der Waals surface area (Å²) < 4.78 is 31.6. The van der Waals surface area contributed by atoms with Gasteiger partial charge in [0, 0.05) is 0 Å². The molecule has 3 heterocycles. The van der Waals surface area contributed by atoms with Crippen LogP contribution in [0.5, 0.6) is 0 Å². The normalized spacial score (nSPS) is 34.9. The third-order valence-corrected chi connectivity index (χ3v) is 2.80. The second-order valence-corrected chi connectivity index (χ2v) is 4.79. The van der Waals surface area contributed by atoms with Crippen LogP contribution in [-0.4, -0.2) is 50.8 Å². The van der Waals surface area contributed by atoms with Crippen LogP contribution in [0.25, 0.3) is 0 Å². The van der Waals surface area contributed by atoms with Gasteiger partial charge in [-0.15, -0.1) is 56.2 Å². The molecule has 26 heavy (non-hydrogen) atoms. The van der Waals surface area contributed by atoms with Crippen molar-refractivity contribution in [3.05, 3.63) is 25.3 Å². The van der Waals surface area contributed by atoms with Gasteiger partial charge >= 0.3 is 13.5 Å². The first kappa shape index (κ1) is 18.8. The molecule has 3 rings (SSSR count). The Balaban J connectivity index is 2.42. The molecule has 0 N–H and O–H groups in total. The van der Waals surface area contributed by atoms with Crippen molar-refractivity contribution < 1.29 is 28.5 Å². The van der Waals surface area contributed by atoms with E-state index in [1.807, 2.05) is 0 Å². The van der Waals surface area contributed by atoms with E-state index in [2.05, 4.69) is 44.1 Å². The van der Waals surface area contributed by atoms with E-state index in [9.17, 15) is 0 Å². The van der Waals surface area contributed by atoms with Crippen molar-refractivity contribution in [2.75, 3.05) is 0 Å². The minimum absolute atomic E-state index is 0.0898. The highest BCUT2D eigenvalue weighted by atomic mass is 16.9. The molecule has 0 atom stereocenters. The lowest BCUT2D eigenvalue weighted by molar-refractivity contribution is 0.0674. The van der Waals surface area contributed by atoms with Crippen molar-refractivity contribution in [2.24, 2.45) is 30.9 Å². The Morgan fingerprint density at radius 2 is 0.769 bits per heavy atom. The highest BCUT2D eigenvalue weighted by Crippen LogP contribution is 2.19. The van der Waals surface area contributed by atoms with Crippen molar-refractivity contribution in [1.82, 2.24) is 0 Å². The molecule has 0 unspecified atom stereocenters. The molecule has 0 amide bonds. The fraction of sp³-hybridized carbons (Fsp3) is 0.167. The molecule has 0 fully saturated rings. The van der Waals surface area contributed by atoms with Crippen LogP contribution < -0.4 is 0 Å². The summed E-state index contributed by atoms with van der Waals surface area (Å²) in [6.45, 7) is 2.09. The van der Waals surface area contributed by atoms with Gasteiger partial charge in [0.15, 0.2) is 0 Å². The van der Waals surface area contributed by atoms with E-state index < -0.39 is 13.5 Å². The van der Waals surface area contributed by atoms with Crippen molar-refractivity contribution in [3.63, 3.8) is 0 Å². The summed E-state index contributed by atoms with van der Waals surface area (Å²) in [6.07, 6.45) is 10.2. The monoisotopic (exact) mass is 362 g/mol. The predicted molar refractivity (Wildman–Crippen MR) is 99.0 cm³/mol. The molecule has 14 heteroatoms. The molecule has 0 radical (unpaired) electrons. The van der Waals surface area contributed by atoms with Gasteiger partial charge in [-0.1, -0.05) is 0 Å². The van der Waals surface area contributed by atoms with Crippen molar-refractivity contribution >= 4 is 50.8 Å². The Hall–Kier alpha value is -3.57. The molecule has 138 valence electrons. The van der Waals surface area contributed by atoms with Crippen molar-refractivity contribution in [1.29, 1.82) is 0 Å². The minimum atomic E-state index is -2.56. The maximum absolute atomic E-state index is 5.26. The third-order valence-electron chi connectivity index (χ3n) is 2.80. The average Bonchev–Trinajstić information content (AvgIpc) is 2.63. The summed E-state index contributed by atoms with van der Waals surface area (Å²) in [5.41, 5.74) is 0. The van der Waals surface area contributed by atoms with E-state index in [-0.39, 0.29) is 12.6 Å². The van der Waals surface area contributed by atoms with Gasteiger partial charge in [-0.3, -0.25) is 0 Å². The molecular formula is C12H16B2N6O6-2. The molecule has 2 bridgehead atoms. The first-order valence-electron chi connectivity index (χ1n) is 7.51. The van der Waals surface area contributed by atoms with Crippen molar-refractivity contribution in [2.45, 2.75) is 12.6 Å². The highest BCUT2D eigenvalue weighted by molar-refractivity contribution is 6.61. The number of hydrogen-bond acceptors (Lipinski definition) is 12. The smallest absolute Gasteiger partial charge is 0.540 e. The molecular weight excluding hydrogens is 346 g/mol. The number of hydrogen-bond donors (Lipinski definition) is 0. The van der Waals surface area contributed by atoms with Crippen LogP contribution in [0, 0.1) is 0 Å². The summed E-state index contributed by atoms with van der Waals surface area (Å²) >= 11 is 0. The Morgan fingerprint density at radius 1 is 0.538 bits per heavy atom. The lowest BCUT2D eigenvalue weighted by atomic mass is 9.75. The Labute approximate surface area is 149 Å². The van der Waals surface area contributed by atoms with Gasteiger partial charge in [-0.2, -0.15) is 0 Å². The van der Waals surface area contributed by atoms with Gasteiger partial charge in [0.2, 0.25) is 0 Å². The lowest BCUT2D eigenvalue weighted by Gasteiger charge is -2.33. The number of nitrogens with zero attached hydrogens (tertiary/aromatic N) is 6. The fourth-order valence-corrected chi connectivity index (χ4v) is 1.71. The summed E-state index contributed by atoms with van der Waals surface area (Å²) in [6, 6.07) is 0. The zero-order chi connectivity index (χ0) is 18.6. The topological polar surface area (TPSA) is 130 Å². The molecule has 0 saturated heterocycles. The van der Waals surface area contributed by atoms with Gasteiger partial charge < -0.3 is 28.5 Å². The maximum atomic E-state index is 5.26. The molecule has 0 aromatic carbocycles. The number of oxime groups is 6. The van der Waals surface area contributed by atoms with Crippen LogP contribution >= 0.6 is 0 Å². The van der Waals surface area contributed by atoms with Crippen LogP contribution in [0.3, 0.4) is 0 Å². The second-order valence-electron chi connectivity index (χ2n) is 4.79. The Bertz CT molecular complexity index is 537. The maximum Gasteiger partial charge on any atom is 0.612 e. The summed E-state index contributed by atoms with van der Waals surface area (Å²) in [4.78, 5) is 0. The quantitative estimate of drug-likeness (QED) is 0.547. The zero-order valence-corrected chi connectivity index (χ0v) is 13.7. The SMILES string of the molecule is C=CC[B-]12O/N=C/C=N/O[B-](CC=C)(O/N=C/C=N/O1)O/N=C/C=N/O2. The fourth-order valence-electron chi connectivity index (χ4n) is 1.71. The van der Waals surface area contributed by atoms with Crippen LogP contribution in [-0.2, 0) is 28.5 Å². The number of fused-ring (bicyclic) bond motifs is 9. The molecule has 0 aromatic rings. The third kappa shape index (κ3) is 5.51. The summed E-state index contributed by atoms with van der Waals surface area (Å²) in [5, 5.41) is 22.1. The van der Waals surface area contributed by atoms with E-state index in [0.717, 1.165) is 0 Å². The van der Waals surface area contributed by atoms with E-state index in [1.54, 1.807) is 0 Å². The Morgan fingerprint density at radius 3 is 0.962 bits per heavy atom. The Kier molecular flexibility index (Phi) is 6.97. The summed E-state index contributed by atoms with van der Waals surface area (Å²) in [5.74, 6) is 0. The molecule has 0 aromatic heterocycles. The van der Waals surface area contributed by atoms with Gasteiger partial charge in [0.25, 0.3) is 0 Å². The molecule has 0 saturated carbocycles. The van der Waals surface area contributed by atoms with E-state index >= 15 is 0 Å². The molecule has 3 aliphatic heterocycles. The van der Waals surface area contributed by atoms with Crippen molar-refractivity contribution in [3.8, 4) is 0 Å². The first-order valence-corrected chi connectivity index (χ1v) is 7.51. The van der Waals surface area contributed by atoms with Crippen LogP contribution in [0.15, 0.2) is 56.2 Å². The first-order chi connectivity index (χ1) is 12.7. The standard InChI is InChI=1S/C12H16B2N6O6/c1-3-5-13-21-15-7-10-18-24-14(6-4-2,25-19-11-8-16-22-13)26-20-12-9-17-23-13/h3-4,7-12H,1-2,5-6H2/q-2/b15-7+,16-8+,17-9+,18-10+,19-11+,20-12+. The molecule has 0 spiro atoms. The van der Waals surface area contributed by atoms with Gasteiger partial charge in [-0.05, 0) is 12.6 Å². The van der Waals surface area contributed by atoms with E-state index in [0.29, 0.717) is 0 Å². The second kappa shape index (κ2) is 9.66. The zero-order valence-electron chi connectivity index (χ0n) is 13.7. The van der Waals surface area contributed by atoms with Gasteiger partial charge in [0.05, 0.1) is 37.3 Å². The average molecular weight is 362 g/mol. The predicted octanol–water partition coefficient (Wildman–Crippen LogP) is 1.28. The van der Waals surface area contributed by atoms with Gasteiger partial charge in [-0.25, -0.2) is 0 Å². The molecule has 3 aliphatic rings. The number of allylic oxidation sites excluding steroid dienone is 2. The largest absolute Gasteiger partial charge is 0.612 e. The van der Waals surface area contributed by atoms with E-state index in [4.69, 9.17) is 28.5 Å². The molecule has 12 nitrogen and oxygen atoms in total. The van der Waals surface area contributed by atoms with Crippen LogP contribution in [0.1, 0.15) is 0 Å². The molecule has 0 aliphatic carbocycles. The highest BCUT2D eigenvalue weighted by Gasteiger charge is 2.37. The number of rotatable bonds is 4. The van der Waals surface area contributed by atoms with Crippen LogP contribution in [0.4, 0.5) is 0 Å².